The van der Waals surface area contributed by atoms with Crippen molar-refractivity contribution in [3.05, 3.63) is 59.8 Å². The average Bonchev–Trinajstić information content (AvgIpc) is 3.23. The van der Waals surface area contributed by atoms with E-state index < -0.39 is 5.97 Å². The molecule has 3 rings (SSSR count). The number of hydrogen-bond acceptors (Lipinski definition) is 6. The van der Waals surface area contributed by atoms with Gasteiger partial charge in [-0.1, -0.05) is 0 Å². The van der Waals surface area contributed by atoms with Gasteiger partial charge in [-0.2, -0.15) is 5.10 Å². The Balaban J connectivity index is 1.76. The van der Waals surface area contributed by atoms with Gasteiger partial charge in [0.25, 0.3) is 5.91 Å². The molecule has 0 spiro atoms. The lowest BCUT2D eigenvalue weighted by molar-refractivity contribution is 0.0600. The lowest BCUT2D eigenvalue weighted by Gasteiger charge is -2.08. The zero-order chi connectivity index (χ0) is 20.1. The van der Waals surface area contributed by atoms with E-state index in [9.17, 15) is 9.59 Å². The molecule has 0 aliphatic heterocycles. The number of carbonyl (C=O) groups is 2. The van der Waals surface area contributed by atoms with E-state index in [-0.39, 0.29) is 11.6 Å². The van der Waals surface area contributed by atoms with E-state index in [1.54, 1.807) is 62.8 Å². The predicted octanol–water partition coefficient (Wildman–Crippen LogP) is 3.13. The topological polar surface area (TPSA) is 103 Å². The fraction of sp³-hybridized carbons (Fsp3) is 0.150. The van der Waals surface area contributed by atoms with Crippen LogP contribution in [0.25, 0.3) is 11.3 Å². The first-order chi connectivity index (χ1) is 13.5. The van der Waals surface area contributed by atoms with Gasteiger partial charge >= 0.3 is 5.97 Å². The Kier molecular flexibility index (Phi) is 5.59. The molecule has 2 aromatic carbocycles. The molecule has 144 valence electrons. The molecule has 0 aliphatic carbocycles. The second-order valence-corrected chi connectivity index (χ2v) is 5.76. The van der Waals surface area contributed by atoms with Gasteiger partial charge in [-0.05, 0) is 42.5 Å². The van der Waals surface area contributed by atoms with Crippen LogP contribution in [0.2, 0.25) is 0 Å². The first kappa shape index (κ1) is 19.0. The summed E-state index contributed by atoms with van der Waals surface area (Å²) in [5.41, 5.74) is 2.50. The lowest BCUT2D eigenvalue weighted by atomic mass is 10.1. The summed E-state index contributed by atoms with van der Waals surface area (Å²) in [5.74, 6) is 0.433. The molecule has 1 heterocycles. The summed E-state index contributed by atoms with van der Waals surface area (Å²) >= 11 is 0. The maximum atomic E-state index is 12.5. The van der Waals surface area contributed by atoms with E-state index in [0.29, 0.717) is 28.4 Å². The highest BCUT2D eigenvalue weighted by atomic mass is 16.5. The van der Waals surface area contributed by atoms with Crippen molar-refractivity contribution in [3.63, 3.8) is 0 Å². The largest absolute Gasteiger partial charge is 0.497 e. The first-order valence-electron chi connectivity index (χ1n) is 8.33. The Bertz CT molecular complexity index is 995. The number of amides is 1. The number of aromatic nitrogens is 2. The Labute approximate surface area is 161 Å². The molecule has 8 heteroatoms. The van der Waals surface area contributed by atoms with Gasteiger partial charge in [-0.3, -0.25) is 9.89 Å². The maximum absolute atomic E-state index is 12.5. The van der Waals surface area contributed by atoms with Gasteiger partial charge < -0.3 is 19.5 Å². The number of nitrogens with zero attached hydrogens (tertiary/aromatic N) is 1. The number of methoxy groups -OCH3 is 3. The summed E-state index contributed by atoms with van der Waals surface area (Å²) in [6, 6.07) is 13.3. The summed E-state index contributed by atoms with van der Waals surface area (Å²) in [6.07, 6.45) is 0. The van der Waals surface area contributed by atoms with Crippen molar-refractivity contribution in [2.24, 2.45) is 0 Å². The van der Waals surface area contributed by atoms with E-state index in [1.165, 1.54) is 7.11 Å². The third-order valence-corrected chi connectivity index (χ3v) is 4.07. The molecule has 0 fully saturated rings. The third-order valence-electron chi connectivity index (χ3n) is 4.07. The van der Waals surface area contributed by atoms with Gasteiger partial charge in [-0.15, -0.1) is 0 Å². The van der Waals surface area contributed by atoms with E-state index in [2.05, 4.69) is 20.3 Å². The van der Waals surface area contributed by atoms with Crippen molar-refractivity contribution >= 4 is 17.6 Å². The van der Waals surface area contributed by atoms with Crippen molar-refractivity contribution in [3.8, 4) is 22.8 Å². The number of ether oxygens (including phenoxy) is 3. The number of aromatic amines is 1. The monoisotopic (exact) mass is 381 g/mol. The smallest absolute Gasteiger partial charge is 0.337 e. The van der Waals surface area contributed by atoms with E-state index in [4.69, 9.17) is 9.47 Å². The highest BCUT2D eigenvalue weighted by molar-refractivity contribution is 6.03. The zero-order valence-electron chi connectivity index (χ0n) is 15.6. The number of benzene rings is 2. The van der Waals surface area contributed by atoms with Crippen molar-refractivity contribution in [1.82, 2.24) is 10.2 Å². The molecule has 0 atom stereocenters. The van der Waals surface area contributed by atoms with Crippen molar-refractivity contribution in [2.45, 2.75) is 0 Å². The van der Waals surface area contributed by atoms with Crippen molar-refractivity contribution < 1.29 is 23.8 Å². The lowest BCUT2D eigenvalue weighted by Crippen LogP contribution is -2.12. The maximum Gasteiger partial charge on any atom is 0.337 e. The van der Waals surface area contributed by atoms with Crippen LogP contribution in [0.15, 0.2) is 48.5 Å². The number of esters is 1. The number of carbonyl (C=O) groups excluding carboxylic acids is 2. The third kappa shape index (κ3) is 3.96. The summed E-state index contributed by atoms with van der Waals surface area (Å²) in [5, 5.41) is 9.65. The van der Waals surface area contributed by atoms with Crippen LogP contribution in [-0.4, -0.2) is 43.4 Å². The highest BCUT2D eigenvalue weighted by Crippen LogP contribution is 2.32. The molecule has 2 N–H and O–H groups in total. The summed E-state index contributed by atoms with van der Waals surface area (Å²) < 4.78 is 15.2. The average molecular weight is 381 g/mol. The summed E-state index contributed by atoms with van der Waals surface area (Å²) in [6.45, 7) is 0. The van der Waals surface area contributed by atoms with Crippen LogP contribution >= 0.6 is 0 Å². The normalized spacial score (nSPS) is 10.2. The molecule has 0 bridgehead atoms. The number of rotatable bonds is 6. The van der Waals surface area contributed by atoms with E-state index >= 15 is 0 Å². The molecule has 0 unspecified atom stereocenters. The van der Waals surface area contributed by atoms with Gasteiger partial charge in [0, 0.05) is 17.3 Å². The van der Waals surface area contributed by atoms with Crippen LogP contribution in [0.1, 0.15) is 20.8 Å². The van der Waals surface area contributed by atoms with Crippen LogP contribution in [0.4, 0.5) is 5.69 Å². The Morgan fingerprint density at radius 3 is 2.36 bits per heavy atom. The molecule has 0 saturated heterocycles. The van der Waals surface area contributed by atoms with Crippen molar-refractivity contribution in [2.75, 3.05) is 26.6 Å². The van der Waals surface area contributed by atoms with Crippen LogP contribution in [0.3, 0.4) is 0 Å². The summed E-state index contributed by atoms with van der Waals surface area (Å²) in [4.78, 5) is 23.9. The zero-order valence-corrected chi connectivity index (χ0v) is 15.6. The molecular weight excluding hydrogens is 362 g/mol. The second-order valence-electron chi connectivity index (χ2n) is 5.76. The molecule has 1 aromatic heterocycles. The second kappa shape index (κ2) is 8.26. The quantitative estimate of drug-likeness (QED) is 0.636. The molecular formula is C20H19N3O5. The van der Waals surface area contributed by atoms with Gasteiger partial charge in [0.05, 0.1) is 32.6 Å². The van der Waals surface area contributed by atoms with Gasteiger partial charge in [0.15, 0.2) is 0 Å². The number of nitrogens with one attached hydrogen (secondary N) is 2. The molecule has 3 aromatic rings. The van der Waals surface area contributed by atoms with Crippen LogP contribution in [0, 0.1) is 0 Å². The molecule has 0 aliphatic rings. The van der Waals surface area contributed by atoms with E-state index in [0.717, 1.165) is 5.56 Å². The number of hydrogen-bond donors (Lipinski definition) is 2. The van der Waals surface area contributed by atoms with Gasteiger partial charge in [0.1, 0.15) is 17.2 Å². The van der Waals surface area contributed by atoms with Gasteiger partial charge in [-0.25, -0.2) is 4.79 Å². The number of anilines is 1. The highest BCUT2D eigenvalue weighted by Gasteiger charge is 2.15. The predicted molar refractivity (Wildman–Crippen MR) is 103 cm³/mol. The molecule has 0 saturated carbocycles. The van der Waals surface area contributed by atoms with Crippen LogP contribution in [0.5, 0.6) is 11.5 Å². The molecule has 28 heavy (non-hydrogen) atoms. The minimum absolute atomic E-state index is 0.282. The minimum Gasteiger partial charge on any atom is -0.497 e. The van der Waals surface area contributed by atoms with E-state index in [1.807, 2.05) is 0 Å². The minimum atomic E-state index is -0.440. The first-order valence-corrected chi connectivity index (χ1v) is 8.33. The SMILES string of the molecule is COC(=O)c1ccc(NC(=O)c2cc(-c3ccc(OC)cc3OC)n[nH]2)cc1. The Hall–Kier alpha value is -3.81. The van der Waals surface area contributed by atoms with Crippen molar-refractivity contribution in [1.29, 1.82) is 0 Å². The summed E-state index contributed by atoms with van der Waals surface area (Å²) in [7, 11) is 4.44. The van der Waals surface area contributed by atoms with Crippen LogP contribution < -0.4 is 14.8 Å². The fourth-order valence-electron chi connectivity index (χ4n) is 2.59. The molecule has 1 amide bonds. The molecule has 0 radical (unpaired) electrons. The fourth-order valence-corrected chi connectivity index (χ4v) is 2.59. The Morgan fingerprint density at radius 1 is 0.964 bits per heavy atom. The number of H-pyrrole nitrogens is 1. The van der Waals surface area contributed by atoms with Crippen LogP contribution in [-0.2, 0) is 4.74 Å². The Morgan fingerprint density at radius 2 is 1.71 bits per heavy atom. The molecule has 8 nitrogen and oxygen atoms in total. The standard InChI is InChI=1S/C20H19N3O5/c1-26-14-8-9-15(18(10-14)27-2)16-11-17(23-22-16)19(24)21-13-6-4-12(5-7-13)20(25)28-3/h4-11H,1-3H3,(H,21,24)(H,22,23). The van der Waals surface area contributed by atoms with Gasteiger partial charge in [0.2, 0.25) is 0 Å².